The van der Waals surface area contributed by atoms with Gasteiger partial charge in [0, 0.05) is 24.3 Å². The van der Waals surface area contributed by atoms with Crippen molar-refractivity contribution in [2.45, 2.75) is 6.54 Å². The predicted molar refractivity (Wildman–Crippen MR) is 80.3 cm³/mol. The van der Waals surface area contributed by atoms with Crippen LogP contribution < -0.4 is 10.6 Å². The molecule has 100 valence electrons. The molecule has 2 N–H and O–H groups in total. The van der Waals surface area contributed by atoms with E-state index >= 15 is 0 Å². The molecule has 0 atom stereocenters. The van der Waals surface area contributed by atoms with E-state index in [1.54, 1.807) is 12.5 Å². The molecule has 0 bridgehead atoms. The average molecular weight is 265 g/mol. The Morgan fingerprint density at radius 2 is 2.00 bits per heavy atom. The van der Waals surface area contributed by atoms with Crippen molar-refractivity contribution in [3.05, 3.63) is 54.6 Å². The van der Waals surface area contributed by atoms with E-state index < -0.39 is 0 Å². The number of benzene rings is 1. The summed E-state index contributed by atoms with van der Waals surface area (Å²) in [4.78, 5) is 15.0. The van der Waals surface area contributed by atoms with Crippen molar-refractivity contribution in [1.82, 2.24) is 15.0 Å². The van der Waals surface area contributed by atoms with Crippen LogP contribution in [0.5, 0.6) is 0 Å². The summed E-state index contributed by atoms with van der Waals surface area (Å²) in [7, 11) is 1.99. The molecule has 3 rings (SSSR count). The second-order valence-corrected chi connectivity index (χ2v) is 4.65. The normalized spacial score (nSPS) is 10.7. The van der Waals surface area contributed by atoms with E-state index in [-0.39, 0.29) is 0 Å². The molecule has 0 unspecified atom stereocenters. The molecule has 2 heterocycles. The van der Waals surface area contributed by atoms with Gasteiger partial charge in [-0.05, 0) is 30.3 Å². The van der Waals surface area contributed by atoms with Gasteiger partial charge in [-0.1, -0.05) is 6.07 Å². The number of nitrogens with two attached hydrogens (primary N) is 1. The van der Waals surface area contributed by atoms with Gasteiger partial charge >= 0.3 is 0 Å². The maximum atomic E-state index is 5.79. The van der Waals surface area contributed by atoms with Gasteiger partial charge in [-0.25, -0.2) is 9.97 Å². The third-order valence-electron chi connectivity index (χ3n) is 3.13. The first kappa shape index (κ1) is 12.3. The fraction of sp³-hybridized carbons (Fsp3) is 0.133. The maximum Gasteiger partial charge on any atom is 0.139 e. The Kier molecular flexibility index (Phi) is 3.16. The highest BCUT2D eigenvalue weighted by molar-refractivity contribution is 5.91. The number of nitrogen functional groups attached to an aromatic ring is 1. The second kappa shape index (κ2) is 5.13. The molecule has 0 aliphatic heterocycles. The van der Waals surface area contributed by atoms with Crippen molar-refractivity contribution < 1.29 is 0 Å². The largest absolute Gasteiger partial charge is 0.399 e. The molecular formula is C15H15N5. The molecule has 0 aliphatic carbocycles. The number of rotatable bonds is 3. The number of fused-ring (bicyclic) bond motifs is 1. The van der Waals surface area contributed by atoms with Crippen molar-refractivity contribution in [1.29, 1.82) is 0 Å². The van der Waals surface area contributed by atoms with E-state index in [4.69, 9.17) is 5.73 Å². The molecule has 2 aromatic heterocycles. The first-order valence-corrected chi connectivity index (χ1v) is 6.35. The van der Waals surface area contributed by atoms with Crippen LogP contribution in [0.15, 0.2) is 48.9 Å². The SMILES string of the molecule is CN(Cc1ccccn1)c1ncnc2cc(N)ccc12. The molecule has 0 aliphatic rings. The van der Waals surface area contributed by atoms with E-state index in [0.29, 0.717) is 12.2 Å². The Morgan fingerprint density at radius 3 is 2.80 bits per heavy atom. The lowest BCUT2D eigenvalue weighted by Gasteiger charge is -2.19. The predicted octanol–water partition coefficient (Wildman–Crippen LogP) is 2.24. The Balaban J connectivity index is 1.97. The molecule has 0 saturated carbocycles. The number of hydrogen-bond acceptors (Lipinski definition) is 5. The number of hydrogen-bond donors (Lipinski definition) is 1. The van der Waals surface area contributed by atoms with Crippen molar-refractivity contribution in [3.8, 4) is 0 Å². The molecule has 5 nitrogen and oxygen atoms in total. The van der Waals surface area contributed by atoms with Crippen LogP contribution in [0.2, 0.25) is 0 Å². The first-order chi connectivity index (χ1) is 9.74. The number of aromatic nitrogens is 3. The molecule has 3 aromatic rings. The van der Waals surface area contributed by atoms with Crippen LogP contribution in [-0.2, 0) is 6.54 Å². The van der Waals surface area contributed by atoms with Crippen molar-refractivity contribution in [2.75, 3.05) is 17.7 Å². The van der Waals surface area contributed by atoms with E-state index in [9.17, 15) is 0 Å². The lowest BCUT2D eigenvalue weighted by atomic mass is 10.2. The summed E-state index contributed by atoms with van der Waals surface area (Å²) >= 11 is 0. The van der Waals surface area contributed by atoms with Crippen molar-refractivity contribution >= 4 is 22.4 Å². The highest BCUT2D eigenvalue weighted by atomic mass is 15.2. The highest BCUT2D eigenvalue weighted by Crippen LogP contribution is 2.24. The summed E-state index contributed by atoms with van der Waals surface area (Å²) < 4.78 is 0. The zero-order valence-corrected chi connectivity index (χ0v) is 11.2. The summed E-state index contributed by atoms with van der Waals surface area (Å²) in [5.41, 5.74) is 8.34. The van der Waals surface area contributed by atoms with E-state index in [1.807, 2.05) is 43.4 Å². The summed E-state index contributed by atoms with van der Waals surface area (Å²) in [6, 6.07) is 11.6. The number of anilines is 2. The van der Waals surface area contributed by atoms with Crippen LogP contribution >= 0.6 is 0 Å². The Labute approximate surface area is 117 Å². The van der Waals surface area contributed by atoms with E-state index in [2.05, 4.69) is 19.9 Å². The molecule has 5 heteroatoms. The zero-order valence-electron chi connectivity index (χ0n) is 11.2. The smallest absolute Gasteiger partial charge is 0.139 e. The molecule has 0 saturated heterocycles. The van der Waals surface area contributed by atoms with Crippen LogP contribution in [0.3, 0.4) is 0 Å². The van der Waals surface area contributed by atoms with E-state index in [1.165, 1.54) is 0 Å². The minimum Gasteiger partial charge on any atom is -0.399 e. The van der Waals surface area contributed by atoms with Gasteiger partial charge in [0.05, 0.1) is 17.8 Å². The maximum absolute atomic E-state index is 5.79. The quantitative estimate of drug-likeness (QED) is 0.736. The van der Waals surface area contributed by atoms with Crippen LogP contribution in [0.4, 0.5) is 11.5 Å². The summed E-state index contributed by atoms with van der Waals surface area (Å²) in [5, 5.41) is 0.986. The fourth-order valence-corrected chi connectivity index (χ4v) is 2.17. The minimum absolute atomic E-state index is 0.692. The first-order valence-electron chi connectivity index (χ1n) is 6.35. The minimum atomic E-state index is 0.692. The fourth-order valence-electron chi connectivity index (χ4n) is 2.17. The summed E-state index contributed by atoms with van der Waals surface area (Å²) in [6.07, 6.45) is 3.36. The van der Waals surface area contributed by atoms with Crippen molar-refractivity contribution in [3.63, 3.8) is 0 Å². The summed E-state index contributed by atoms with van der Waals surface area (Å²) in [5.74, 6) is 0.876. The van der Waals surface area contributed by atoms with Crippen LogP contribution in [0.1, 0.15) is 5.69 Å². The molecule has 0 radical (unpaired) electrons. The highest BCUT2D eigenvalue weighted by Gasteiger charge is 2.09. The average Bonchev–Trinajstić information content (AvgIpc) is 2.47. The molecule has 20 heavy (non-hydrogen) atoms. The lowest BCUT2D eigenvalue weighted by Crippen LogP contribution is -2.18. The molecule has 0 spiro atoms. The third-order valence-corrected chi connectivity index (χ3v) is 3.13. The van der Waals surface area contributed by atoms with E-state index in [0.717, 1.165) is 22.4 Å². The van der Waals surface area contributed by atoms with Gasteiger partial charge in [-0.2, -0.15) is 0 Å². The molecular weight excluding hydrogens is 250 g/mol. The van der Waals surface area contributed by atoms with Gasteiger partial charge in [-0.15, -0.1) is 0 Å². The molecule has 0 amide bonds. The van der Waals surface area contributed by atoms with Crippen molar-refractivity contribution in [2.24, 2.45) is 0 Å². The number of pyridine rings is 1. The van der Waals surface area contributed by atoms with Crippen LogP contribution in [-0.4, -0.2) is 22.0 Å². The third kappa shape index (κ3) is 2.38. The lowest BCUT2D eigenvalue weighted by molar-refractivity contribution is 0.868. The molecule has 1 aromatic carbocycles. The monoisotopic (exact) mass is 265 g/mol. The Bertz CT molecular complexity index is 727. The van der Waals surface area contributed by atoms with Gasteiger partial charge in [0.2, 0.25) is 0 Å². The Hall–Kier alpha value is -2.69. The van der Waals surface area contributed by atoms with Gasteiger partial charge in [0.25, 0.3) is 0 Å². The van der Waals surface area contributed by atoms with Crippen LogP contribution in [0.25, 0.3) is 10.9 Å². The van der Waals surface area contributed by atoms with Gasteiger partial charge < -0.3 is 10.6 Å². The standard InChI is InChI=1S/C15H15N5/c1-20(9-12-4-2-3-7-17-12)15-13-6-5-11(16)8-14(13)18-10-19-15/h2-8,10H,9,16H2,1H3. The second-order valence-electron chi connectivity index (χ2n) is 4.65. The number of nitrogens with zero attached hydrogens (tertiary/aromatic N) is 4. The van der Waals surface area contributed by atoms with Crippen LogP contribution in [0, 0.1) is 0 Å². The zero-order chi connectivity index (χ0) is 13.9. The molecule has 0 fully saturated rings. The van der Waals surface area contributed by atoms with Gasteiger partial charge in [0.15, 0.2) is 0 Å². The van der Waals surface area contributed by atoms with Gasteiger partial charge in [-0.3, -0.25) is 4.98 Å². The topological polar surface area (TPSA) is 67.9 Å². The summed E-state index contributed by atoms with van der Waals surface area (Å²) in [6.45, 7) is 0.692. The Morgan fingerprint density at radius 1 is 1.10 bits per heavy atom. The van der Waals surface area contributed by atoms with Gasteiger partial charge in [0.1, 0.15) is 12.1 Å².